The Morgan fingerprint density at radius 1 is 0.931 bits per heavy atom. The third-order valence-corrected chi connectivity index (χ3v) is 23.5. The molecule has 5 aliphatic heterocycles. The first kappa shape index (κ1) is 69.7. The molecule has 7 aliphatic rings. The fourth-order valence-corrected chi connectivity index (χ4v) is 18.5. The number of aromatic nitrogens is 10. The van der Waals surface area contributed by atoms with Crippen LogP contribution in [0.1, 0.15) is 153 Å². The molecule has 8 aromatic rings. The molecule has 102 heavy (non-hydrogen) atoms. The van der Waals surface area contributed by atoms with Gasteiger partial charge in [-0.25, -0.2) is 22.9 Å². The lowest BCUT2D eigenvalue weighted by Gasteiger charge is -2.52. The molecule has 2 bridgehead atoms. The van der Waals surface area contributed by atoms with Crippen LogP contribution in [0.15, 0.2) is 67.3 Å². The van der Waals surface area contributed by atoms with E-state index in [0.717, 1.165) is 66.8 Å². The number of aryl methyl sites for hydroxylation is 2. The van der Waals surface area contributed by atoms with Gasteiger partial charge in [0.05, 0.1) is 80.7 Å². The van der Waals surface area contributed by atoms with Crippen LogP contribution in [-0.4, -0.2) is 187 Å². The lowest BCUT2D eigenvalue weighted by Crippen LogP contribution is -2.57. The molecule has 29 heteroatoms. The van der Waals surface area contributed by atoms with Crippen LogP contribution in [0.5, 0.6) is 6.01 Å². The predicted molar refractivity (Wildman–Crippen MR) is 370 cm³/mol. The van der Waals surface area contributed by atoms with Gasteiger partial charge < -0.3 is 44.4 Å². The van der Waals surface area contributed by atoms with Crippen LogP contribution in [0.25, 0.3) is 53.7 Å². The minimum atomic E-state index is -4.78. The molecule has 2 aliphatic carbocycles. The third kappa shape index (κ3) is 13.0. The topological polar surface area (TPSA) is 249 Å². The summed E-state index contributed by atoms with van der Waals surface area (Å²) in [4.78, 5) is 64.8. The number of anilines is 1. The number of alkyl halides is 5. The van der Waals surface area contributed by atoms with Gasteiger partial charge in [0.15, 0.2) is 6.23 Å². The van der Waals surface area contributed by atoms with E-state index in [1.54, 1.807) is 32.7 Å². The molecule has 2 aromatic carbocycles. The third-order valence-electron chi connectivity index (χ3n) is 22.4. The van der Waals surface area contributed by atoms with Crippen LogP contribution < -0.4 is 15.0 Å². The Morgan fingerprint density at radius 2 is 1.68 bits per heavy atom. The first-order chi connectivity index (χ1) is 48.7. The second-order valence-corrected chi connectivity index (χ2v) is 32.0. The zero-order chi connectivity index (χ0) is 71.5. The zero-order valence-corrected chi connectivity index (χ0v) is 59.3. The van der Waals surface area contributed by atoms with Gasteiger partial charge in [-0.3, -0.25) is 24.2 Å². The van der Waals surface area contributed by atoms with Crippen molar-refractivity contribution in [1.82, 2.24) is 69.5 Å². The van der Waals surface area contributed by atoms with Gasteiger partial charge in [0, 0.05) is 87.1 Å². The second kappa shape index (κ2) is 26.6. The smallest absolute Gasteiger partial charge is 0.417 e. The maximum atomic E-state index is 16.1. The van der Waals surface area contributed by atoms with Crippen LogP contribution in [-0.2, 0) is 38.2 Å². The van der Waals surface area contributed by atoms with Crippen LogP contribution in [0.3, 0.4) is 0 Å². The molecule has 23 nitrogen and oxygen atoms in total. The van der Waals surface area contributed by atoms with E-state index in [0.29, 0.717) is 102 Å². The average molecular weight is 1430 g/mol. The number of piperidine rings is 1. The standard InChI is InChI=1S/C73H88F5N15O8S/c1-8-90-53(19-23-80-90)45-14-12-44(13-15-45)52(37-94)82-64(96)55-29-49(95)36-89(55)66(97)61(41(2)3)91-33-46(85-86-91)28-43-30-70(31-43)20-24-87(25-21-70)39-71(38-72(71,74)75)40-100-67-83-63(88-34-47-16-17-48(35-88)92(47)68(98)101-69(5,6)7)58-50-18-22-79-60(62(50)102-65(58)84-67)57-51-32-81-93(56-11-9-10-26-99-56)54(51)27-42(4)59(57)73(76,77)78/h12-15,18-19,22-23,27,32-33,41,43,47-49,52,55-56,61,94-95H,8-11,16-17,20-21,24-26,28-31,34-40H2,1-7H3,(H,82,96)/t47?,48?,49-,52+,55+,56?,61+,71-/m1/s1. The number of likely N-dealkylation sites (tertiary alicyclic amines) is 2. The van der Waals surface area contributed by atoms with Crippen LogP contribution in [0, 0.1) is 29.6 Å². The molecule has 3 N–H and O–H groups in total. The van der Waals surface area contributed by atoms with Crippen molar-refractivity contribution in [3.63, 3.8) is 0 Å². The number of hydrogen-bond acceptors (Lipinski definition) is 18. The van der Waals surface area contributed by atoms with Crippen molar-refractivity contribution >= 4 is 66.3 Å². The summed E-state index contributed by atoms with van der Waals surface area (Å²) in [6.07, 6.45) is 7.48. The largest absolute Gasteiger partial charge is 0.462 e. The normalized spacial score (nSPS) is 24.3. The van der Waals surface area contributed by atoms with Crippen LogP contribution >= 0.6 is 11.3 Å². The Morgan fingerprint density at radius 3 is 2.34 bits per heavy atom. The van der Waals surface area contributed by atoms with Gasteiger partial charge in [-0.2, -0.15) is 33.3 Å². The van der Waals surface area contributed by atoms with Gasteiger partial charge in [0.1, 0.15) is 34.9 Å². The molecule has 7 fully saturated rings. The zero-order valence-electron chi connectivity index (χ0n) is 58.5. The summed E-state index contributed by atoms with van der Waals surface area (Å²) >= 11 is 1.14. The molecule has 6 aromatic heterocycles. The van der Waals surface area contributed by atoms with E-state index in [1.165, 1.54) is 30.3 Å². The highest BCUT2D eigenvalue weighted by molar-refractivity contribution is 7.26. The summed E-state index contributed by atoms with van der Waals surface area (Å²) in [5.41, 5.74) is 0.670. The second-order valence-electron chi connectivity index (χ2n) is 31.0. The summed E-state index contributed by atoms with van der Waals surface area (Å²) in [5, 5.41) is 43.6. The molecule has 3 unspecified atom stereocenters. The number of halogens is 5. The van der Waals surface area contributed by atoms with Crippen molar-refractivity contribution in [2.45, 2.75) is 192 Å². The first-order valence-corrected chi connectivity index (χ1v) is 36.7. The molecule has 8 atom stereocenters. The van der Waals surface area contributed by atoms with E-state index in [-0.39, 0.29) is 96.2 Å². The van der Waals surface area contributed by atoms with Crippen molar-refractivity contribution in [3.05, 3.63) is 89.6 Å². The van der Waals surface area contributed by atoms with E-state index in [2.05, 4.69) is 35.6 Å². The summed E-state index contributed by atoms with van der Waals surface area (Å²) in [7, 11) is 0. The Balaban J connectivity index is 0.621. The summed E-state index contributed by atoms with van der Waals surface area (Å²) < 4.78 is 103. The van der Waals surface area contributed by atoms with Gasteiger partial charge in [0.25, 0.3) is 5.92 Å². The average Bonchev–Trinajstić information content (AvgIpc) is 1.52. The predicted octanol–water partition coefficient (Wildman–Crippen LogP) is 11.5. The van der Waals surface area contributed by atoms with E-state index in [1.807, 2.05) is 76.6 Å². The number of amides is 3. The number of rotatable bonds is 19. The number of nitrogens with zero attached hydrogens (tertiary/aromatic N) is 14. The van der Waals surface area contributed by atoms with Gasteiger partial charge in [-0.15, -0.1) is 16.4 Å². The fourth-order valence-electron chi connectivity index (χ4n) is 17.3. The number of pyridine rings is 1. The highest BCUT2D eigenvalue weighted by Crippen LogP contribution is 2.62. The van der Waals surface area contributed by atoms with Gasteiger partial charge in [0.2, 0.25) is 11.8 Å². The van der Waals surface area contributed by atoms with Crippen LogP contribution in [0.2, 0.25) is 0 Å². The quantitative estimate of drug-likeness (QED) is 0.0637. The number of ether oxygens (including phenoxy) is 3. The van der Waals surface area contributed by atoms with Gasteiger partial charge in [-0.05, 0) is 164 Å². The van der Waals surface area contributed by atoms with E-state index >= 15 is 22.0 Å². The van der Waals surface area contributed by atoms with Crippen molar-refractivity contribution in [2.75, 3.05) is 64.0 Å². The number of aliphatic hydroxyl groups excluding tert-OH is 2. The molecule has 544 valence electrons. The molecule has 11 heterocycles. The molecular formula is C73H88F5N15O8S. The molecule has 3 amide bonds. The minimum Gasteiger partial charge on any atom is -0.462 e. The van der Waals surface area contributed by atoms with Crippen molar-refractivity contribution in [2.24, 2.45) is 22.7 Å². The van der Waals surface area contributed by atoms with Crippen molar-refractivity contribution < 1.29 is 60.8 Å². The maximum absolute atomic E-state index is 16.1. The van der Waals surface area contributed by atoms with E-state index in [9.17, 15) is 24.6 Å². The number of nitrogens with one attached hydrogen (secondary N) is 1. The summed E-state index contributed by atoms with van der Waals surface area (Å²) in [6.45, 7) is 15.1. The lowest BCUT2D eigenvalue weighted by molar-refractivity contribution is -0.142. The van der Waals surface area contributed by atoms with E-state index in [4.69, 9.17) is 29.2 Å². The summed E-state index contributed by atoms with van der Waals surface area (Å²) in [5.74, 6) is -3.44. The Bertz CT molecular complexity index is 4460. The highest BCUT2D eigenvalue weighted by Gasteiger charge is 2.72. The maximum Gasteiger partial charge on any atom is 0.417 e. The molecular weight excluding hydrogens is 1340 g/mol. The molecule has 5 saturated heterocycles. The fraction of sp³-hybridized carbons (Fsp3) is 0.589. The molecule has 15 rings (SSSR count). The molecule has 0 radical (unpaired) electrons. The molecule has 2 saturated carbocycles. The number of β-amino-alcohol motifs (C(OH)–C–C–N with tert-alkyl or cyclic N) is 1. The summed E-state index contributed by atoms with van der Waals surface area (Å²) in [6, 6.07) is 9.48. The lowest BCUT2D eigenvalue weighted by atomic mass is 9.56. The number of piperazine rings is 1. The van der Waals surface area contributed by atoms with E-state index < -0.39 is 77.6 Å². The number of benzene rings is 2. The van der Waals surface area contributed by atoms with Gasteiger partial charge >= 0.3 is 18.3 Å². The number of carbonyl (C=O) groups is 3. The van der Waals surface area contributed by atoms with Crippen molar-refractivity contribution in [3.8, 4) is 28.5 Å². The molecule has 1 spiro atoms. The number of thiophene rings is 1. The Hall–Kier alpha value is -7.99. The minimum absolute atomic E-state index is 0.000368. The Labute approximate surface area is 591 Å². The highest BCUT2D eigenvalue weighted by atomic mass is 32.1. The van der Waals surface area contributed by atoms with Crippen LogP contribution in [0.4, 0.5) is 32.6 Å². The number of fused-ring (bicyclic) bond motifs is 6. The first-order valence-electron chi connectivity index (χ1n) is 35.9. The number of aliphatic hydroxyl groups is 2. The SMILES string of the molecule is CCn1nccc1-c1ccc([C@H](CO)NC(=O)[C@@H]2C[C@@H](O)CN2C(=O)[C@H](C(C)C)n2cc(CC3CC4(CCN(C[C@@]5(COc6nc(N7CC8CCC(C7)N8C(=O)OC(C)(C)C)c7c(n6)sc6c(-c8c(C(F)(F)F)c(C)cc9c8cnn9C8CCCCO8)nccc67)CC5(F)F)CC4)C3)nn2)cc1. The van der Waals surface area contributed by atoms with Crippen molar-refractivity contribution in [1.29, 1.82) is 0 Å². The number of carbonyl (C=O) groups excluding carboxylic acids is 3. The number of hydrogen-bond donors (Lipinski definition) is 3. The Kier molecular flexibility index (Phi) is 18.2. The monoisotopic (exact) mass is 1430 g/mol. The van der Waals surface area contributed by atoms with Gasteiger partial charge in [-0.1, -0.05) is 43.3 Å².